The van der Waals surface area contributed by atoms with Crippen molar-refractivity contribution in [3.8, 4) is 11.8 Å². The van der Waals surface area contributed by atoms with Crippen molar-refractivity contribution >= 4 is 5.69 Å². The average Bonchev–Trinajstić information content (AvgIpc) is 3.00. The topological polar surface area (TPSA) is 57.7 Å². The predicted octanol–water partition coefficient (Wildman–Crippen LogP) is 3.25. The molecule has 0 radical (unpaired) electrons. The summed E-state index contributed by atoms with van der Waals surface area (Å²) in [6.07, 6.45) is 3.88. The summed E-state index contributed by atoms with van der Waals surface area (Å²) >= 11 is 0. The summed E-state index contributed by atoms with van der Waals surface area (Å²) in [6.45, 7) is 6.38. The number of benzene rings is 1. The van der Waals surface area contributed by atoms with Crippen LogP contribution >= 0.6 is 0 Å². The Labute approximate surface area is 131 Å². The summed E-state index contributed by atoms with van der Waals surface area (Å²) < 4.78 is 1.78. The standard InChI is InChI=1S/C17H21N5/c1-13(2)17-16(12-18)19-20-22(17)15-8-6-14(7-9-15)21-10-4-3-5-11-21/h6-9,13H,3-5,10-11H2,1-2H3. The lowest BCUT2D eigenvalue weighted by Gasteiger charge is -2.28. The minimum atomic E-state index is 0.200. The zero-order chi connectivity index (χ0) is 15.5. The third-order valence-corrected chi connectivity index (χ3v) is 4.17. The van der Waals surface area contributed by atoms with E-state index in [1.165, 1.54) is 24.9 Å². The number of aromatic nitrogens is 3. The van der Waals surface area contributed by atoms with Gasteiger partial charge in [-0.05, 0) is 49.4 Å². The molecule has 1 saturated heterocycles. The molecule has 2 heterocycles. The van der Waals surface area contributed by atoms with Crippen LogP contribution in [0, 0.1) is 11.3 Å². The number of nitrogens with zero attached hydrogens (tertiary/aromatic N) is 5. The van der Waals surface area contributed by atoms with Crippen LogP contribution in [-0.2, 0) is 0 Å². The van der Waals surface area contributed by atoms with E-state index < -0.39 is 0 Å². The molecule has 1 fully saturated rings. The van der Waals surface area contributed by atoms with Crippen LogP contribution in [-0.4, -0.2) is 28.1 Å². The van der Waals surface area contributed by atoms with Gasteiger partial charge in [0, 0.05) is 18.8 Å². The second-order valence-corrected chi connectivity index (χ2v) is 6.07. The Morgan fingerprint density at radius 3 is 2.27 bits per heavy atom. The molecule has 0 bridgehead atoms. The lowest BCUT2D eigenvalue weighted by atomic mass is 10.1. The first-order valence-corrected chi connectivity index (χ1v) is 7.92. The second kappa shape index (κ2) is 6.18. The van der Waals surface area contributed by atoms with Gasteiger partial charge in [0.2, 0.25) is 0 Å². The van der Waals surface area contributed by atoms with E-state index in [1.807, 2.05) is 0 Å². The lowest BCUT2D eigenvalue weighted by Crippen LogP contribution is -2.29. The van der Waals surface area contributed by atoms with Crippen LogP contribution in [0.2, 0.25) is 0 Å². The summed E-state index contributed by atoms with van der Waals surface area (Å²) in [5.74, 6) is 0.200. The molecule has 2 aromatic rings. The Balaban J connectivity index is 1.90. The molecule has 0 atom stereocenters. The number of nitriles is 1. The maximum atomic E-state index is 9.17. The van der Waals surface area contributed by atoms with Gasteiger partial charge in [-0.15, -0.1) is 5.10 Å². The van der Waals surface area contributed by atoms with Gasteiger partial charge in [-0.2, -0.15) is 5.26 Å². The molecule has 1 aromatic carbocycles. The van der Waals surface area contributed by atoms with Crippen molar-refractivity contribution in [1.29, 1.82) is 5.26 Å². The quantitative estimate of drug-likeness (QED) is 0.872. The number of hydrogen-bond acceptors (Lipinski definition) is 4. The number of anilines is 1. The molecule has 3 rings (SSSR count). The van der Waals surface area contributed by atoms with Crippen molar-refractivity contribution in [2.45, 2.75) is 39.0 Å². The first-order chi connectivity index (χ1) is 10.7. The van der Waals surface area contributed by atoms with Gasteiger partial charge < -0.3 is 4.90 Å². The van der Waals surface area contributed by atoms with Crippen molar-refractivity contribution in [3.05, 3.63) is 35.7 Å². The van der Waals surface area contributed by atoms with E-state index in [-0.39, 0.29) is 5.92 Å². The Bertz CT molecular complexity index is 672. The Kier molecular flexibility index (Phi) is 4.10. The average molecular weight is 295 g/mol. The van der Waals surface area contributed by atoms with Gasteiger partial charge in [0.05, 0.1) is 11.4 Å². The molecule has 114 valence electrons. The third-order valence-electron chi connectivity index (χ3n) is 4.17. The first-order valence-electron chi connectivity index (χ1n) is 7.92. The van der Waals surface area contributed by atoms with Gasteiger partial charge in [-0.1, -0.05) is 19.1 Å². The Morgan fingerprint density at radius 2 is 1.68 bits per heavy atom. The SMILES string of the molecule is CC(C)c1c(C#N)nnn1-c1ccc(N2CCCCC2)cc1. The van der Waals surface area contributed by atoms with E-state index in [1.54, 1.807) is 4.68 Å². The van der Waals surface area contributed by atoms with E-state index in [9.17, 15) is 0 Å². The van der Waals surface area contributed by atoms with Crippen LogP contribution in [0.1, 0.15) is 50.4 Å². The van der Waals surface area contributed by atoms with Crippen LogP contribution in [0.4, 0.5) is 5.69 Å². The van der Waals surface area contributed by atoms with Crippen LogP contribution < -0.4 is 4.90 Å². The smallest absolute Gasteiger partial charge is 0.186 e. The van der Waals surface area contributed by atoms with Crippen LogP contribution in [0.5, 0.6) is 0 Å². The zero-order valence-corrected chi connectivity index (χ0v) is 13.2. The highest BCUT2D eigenvalue weighted by Crippen LogP contribution is 2.24. The van der Waals surface area contributed by atoms with E-state index in [4.69, 9.17) is 5.26 Å². The maximum Gasteiger partial charge on any atom is 0.186 e. The van der Waals surface area contributed by atoms with Crippen molar-refractivity contribution in [3.63, 3.8) is 0 Å². The Morgan fingerprint density at radius 1 is 1.05 bits per heavy atom. The molecule has 5 nitrogen and oxygen atoms in total. The first kappa shape index (κ1) is 14.6. The molecule has 0 amide bonds. The molecule has 0 unspecified atom stereocenters. The molecule has 1 aliphatic rings. The minimum absolute atomic E-state index is 0.200. The van der Waals surface area contributed by atoms with Gasteiger partial charge in [0.25, 0.3) is 0 Å². The molecule has 5 heteroatoms. The molecule has 1 aromatic heterocycles. The number of hydrogen-bond donors (Lipinski definition) is 0. The van der Waals surface area contributed by atoms with Crippen molar-refractivity contribution in [2.24, 2.45) is 0 Å². The minimum Gasteiger partial charge on any atom is -0.372 e. The predicted molar refractivity (Wildman–Crippen MR) is 86.2 cm³/mol. The summed E-state index contributed by atoms with van der Waals surface area (Å²) in [5.41, 5.74) is 3.50. The van der Waals surface area contributed by atoms with Crippen molar-refractivity contribution in [2.75, 3.05) is 18.0 Å². The Hall–Kier alpha value is -2.35. The van der Waals surface area contributed by atoms with E-state index in [2.05, 4.69) is 59.4 Å². The normalized spacial score (nSPS) is 15.1. The highest BCUT2D eigenvalue weighted by atomic mass is 15.4. The zero-order valence-electron chi connectivity index (χ0n) is 13.2. The molecular formula is C17H21N5. The fourth-order valence-corrected chi connectivity index (χ4v) is 3.03. The summed E-state index contributed by atoms with van der Waals surface area (Å²) in [4.78, 5) is 2.43. The van der Waals surface area contributed by atoms with Gasteiger partial charge in [-0.3, -0.25) is 0 Å². The third kappa shape index (κ3) is 2.69. The van der Waals surface area contributed by atoms with Gasteiger partial charge in [0.15, 0.2) is 5.69 Å². The summed E-state index contributed by atoms with van der Waals surface area (Å²) in [5, 5.41) is 17.3. The molecule has 1 aliphatic heterocycles. The fraction of sp³-hybridized carbons (Fsp3) is 0.471. The van der Waals surface area contributed by atoms with Crippen LogP contribution in [0.25, 0.3) is 5.69 Å². The largest absolute Gasteiger partial charge is 0.372 e. The molecular weight excluding hydrogens is 274 g/mol. The van der Waals surface area contributed by atoms with Gasteiger partial charge in [-0.25, -0.2) is 4.68 Å². The number of piperidine rings is 1. The molecule has 0 saturated carbocycles. The number of rotatable bonds is 3. The second-order valence-electron chi connectivity index (χ2n) is 6.07. The molecule has 0 spiro atoms. The van der Waals surface area contributed by atoms with Crippen molar-refractivity contribution < 1.29 is 0 Å². The molecule has 22 heavy (non-hydrogen) atoms. The maximum absolute atomic E-state index is 9.17. The molecule has 0 aliphatic carbocycles. The van der Waals surface area contributed by atoms with Crippen LogP contribution in [0.15, 0.2) is 24.3 Å². The summed E-state index contributed by atoms with van der Waals surface area (Å²) in [6, 6.07) is 10.5. The fourth-order valence-electron chi connectivity index (χ4n) is 3.03. The molecule has 0 N–H and O–H groups in total. The van der Waals surface area contributed by atoms with Crippen LogP contribution in [0.3, 0.4) is 0 Å². The van der Waals surface area contributed by atoms with Gasteiger partial charge in [0.1, 0.15) is 6.07 Å². The lowest BCUT2D eigenvalue weighted by molar-refractivity contribution is 0.578. The van der Waals surface area contributed by atoms with Crippen molar-refractivity contribution in [1.82, 2.24) is 15.0 Å². The monoisotopic (exact) mass is 295 g/mol. The summed E-state index contributed by atoms with van der Waals surface area (Å²) in [7, 11) is 0. The van der Waals surface area contributed by atoms with E-state index in [0.717, 1.165) is 24.5 Å². The van der Waals surface area contributed by atoms with Gasteiger partial charge >= 0.3 is 0 Å². The highest BCUT2D eigenvalue weighted by Gasteiger charge is 2.17. The highest BCUT2D eigenvalue weighted by molar-refractivity contribution is 5.51. The van der Waals surface area contributed by atoms with E-state index >= 15 is 0 Å². The van der Waals surface area contributed by atoms with E-state index in [0.29, 0.717) is 5.69 Å².